The molecule has 2 bridgehead atoms. The molecular weight excluding hydrogens is 378 g/mol. The predicted molar refractivity (Wildman–Crippen MR) is 110 cm³/mol. The molecular formula is C20H23N3O2S2. The first kappa shape index (κ1) is 18.5. The largest absolute Gasteiger partial charge is 0.347 e. The average Bonchev–Trinajstić information content (AvgIpc) is 3.11. The Labute approximate surface area is 167 Å². The number of piperidine rings is 3. The first-order valence-corrected chi connectivity index (χ1v) is 10.9. The average molecular weight is 402 g/mol. The van der Waals surface area contributed by atoms with Gasteiger partial charge in [0, 0.05) is 40.4 Å². The highest BCUT2D eigenvalue weighted by atomic mass is 32.2. The van der Waals surface area contributed by atoms with Crippen molar-refractivity contribution in [3.05, 3.63) is 40.6 Å². The molecule has 3 aliphatic rings. The molecule has 3 aliphatic heterocycles. The molecule has 3 fully saturated rings. The molecule has 7 heteroatoms. The number of thiophene rings is 1. The number of nitrogens with zero attached hydrogens (tertiary/aromatic N) is 1. The normalized spacial score (nSPS) is 23.8. The second kappa shape index (κ2) is 8.04. The van der Waals surface area contributed by atoms with Crippen LogP contribution in [-0.2, 0) is 4.79 Å². The van der Waals surface area contributed by atoms with E-state index < -0.39 is 0 Å². The van der Waals surface area contributed by atoms with Crippen molar-refractivity contribution in [2.75, 3.05) is 25.0 Å². The van der Waals surface area contributed by atoms with Gasteiger partial charge >= 0.3 is 0 Å². The third-order valence-electron chi connectivity index (χ3n) is 5.16. The molecule has 0 saturated carbocycles. The molecule has 0 spiro atoms. The zero-order valence-corrected chi connectivity index (χ0v) is 16.9. The van der Waals surface area contributed by atoms with Crippen LogP contribution in [0, 0.1) is 5.92 Å². The van der Waals surface area contributed by atoms with E-state index in [1.807, 2.05) is 35.7 Å². The highest BCUT2D eigenvalue weighted by molar-refractivity contribution is 7.99. The number of hydrogen-bond acceptors (Lipinski definition) is 5. The SMILES string of the molecule is CC(=O)Nc1cccc(Sc2csc(C(=O)NC3CN4CCC3CC4)c2)c1. The van der Waals surface area contributed by atoms with E-state index >= 15 is 0 Å². The Morgan fingerprint density at radius 3 is 2.70 bits per heavy atom. The van der Waals surface area contributed by atoms with Crippen LogP contribution in [0.15, 0.2) is 45.5 Å². The topological polar surface area (TPSA) is 61.4 Å². The molecule has 0 radical (unpaired) electrons. The molecule has 2 aromatic rings. The lowest BCUT2D eigenvalue weighted by Gasteiger charge is -2.44. The second-order valence-electron chi connectivity index (χ2n) is 7.18. The number of anilines is 1. The fourth-order valence-corrected chi connectivity index (χ4v) is 5.70. The van der Waals surface area contributed by atoms with Crippen LogP contribution in [0.1, 0.15) is 29.4 Å². The van der Waals surface area contributed by atoms with E-state index in [-0.39, 0.29) is 17.9 Å². The molecule has 5 rings (SSSR count). The predicted octanol–water partition coefficient (Wildman–Crippen LogP) is 3.68. The molecule has 2 N–H and O–H groups in total. The summed E-state index contributed by atoms with van der Waals surface area (Å²) in [7, 11) is 0. The molecule has 1 atom stereocenters. The number of carbonyl (C=O) groups is 2. The Bertz CT molecular complexity index is 843. The van der Waals surface area contributed by atoms with Crippen LogP contribution in [-0.4, -0.2) is 42.4 Å². The number of amides is 2. The molecule has 0 aliphatic carbocycles. The van der Waals surface area contributed by atoms with Gasteiger partial charge in [0.05, 0.1) is 4.88 Å². The lowest BCUT2D eigenvalue weighted by molar-refractivity contribution is -0.114. The Morgan fingerprint density at radius 2 is 2.00 bits per heavy atom. The fraction of sp³-hybridized carbons (Fsp3) is 0.400. The monoisotopic (exact) mass is 401 g/mol. The fourth-order valence-electron chi connectivity index (χ4n) is 3.84. The molecule has 1 aromatic heterocycles. The van der Waals surface area contributed by atoms with Gasteiger partial charge in [-0.05, 0) is 56.1 Å². The standard InChI is InChI=1S/C20H23N3O2S2/c1-13(24)21-15-3-2-4-16(9-15)27-17-10-19(26-12-17)20(25)22-18-11-23-7-5-14(18)6-8-23/h2-4,9-10,12,14,18H,5-8,11H2,1H3,(H,21,24)(H,22,25). The Balaban J connectivity index is 1.38. The van der Waals surface area contributed by atoms with E-state index in [1.165, 1.54) is 44.2 Å². The van der Waals surface area contributed by atoms with Crippen molar-refractivity contribution >= 4 is 40.6 Å². The van der Waals surface area contributed by atoms with Crippen molar-refractivity contribution in [2.45, 2.75) is 35.6 Å². The zero-order valence-electron chi connectivity index (χ0n) is 15.2. The summed E-state index contributed by atoms with van der Waals surface area (Å²) in [5, 5.41) is 8.06. The van der Waals surface area contributed by atoms with Crippen LogP contribution in [0.2, 0.25) is 0 Å². The van der Waals surface area contributed by atoms with Crippen LogP contribution in [0.3, 0.4) is 0 Å². The number of carbonyl (C=O) groups excluding carboxylic acids is 2. The van der Waals surface area contributed by atoms with Gasteiger partial charge in [-0.25, -0.2) is 0 Å². The summed E-state index contributed by atoms with van der Waals surface area (Å²) in [6, 6.07) is 9.97. The van der Waals surface area contributed by atoms with Gasteiger partial charge in [0.2, 0.25) is 5.91 Å². The van der Waals surface area contributed by atoms with Gasteiger partial charge in [-0.2, -0.15) is 0 Å². The second-order valence-corrected chi connectivity index (χ2v) is 9.23. The molecule has 27 heavy (non-hydrogen) atoms. The number of fused-ring (bicyclic) bond motifs is 3. The highest BCUT2D eigenvalue weighted by Crippen LogP contribution is 2.33. The van der Waals surface area contributed by atoms with Crippen LogP contribution in [0.5, 0.6) is 0 Å². The summed E-state index contributed by atoms with van der Waals surface area (Å²) in [6.07, 6.45) is 2.39. The van der Waals surface area contributed by atoms with Gasteiger partial charge in [0.15, 0.2) is 0 Å². The van der Waals surface area contributed by atoms with Crippen LogP contribution in [0.25, 0.3) is 0 Å². The number of benzene rings is 1. The summed E-state index contributed by atoms with van der Waals surface area (Å²) < 4.78 is 0. The minimum Gasteiger partial charge on any atom is -0.347 e. The van der Waals surface area contributed by atoms with E-state index in [1.54, 1.807) is 11.8 Å². The minimum atomic E-state index is -0.0839. The van der Waals surface area contributed by atoms with Crippen molar-refractivity contribution < 1.29 is 9.59 Å². The van der Waals surface area contributed by atoms with Gasteiger partial charge in [0.1, 0.15) is 0 Å². The van der Waals surface area contributed by atoms with Crippen LogP contribution < -0.4 is 10.6 Å². The third kappa shape index (κ3) is 4.54. The molecule has 3 saturated heterocycles. The number of hydrogen-bond donors (Lipinski definition) is 2. The van der Waals surface area contributed by atoms with Crippen molar-refractivity contribution in [1.29, 1.82) is 0 Å². The van der Waals surface area contributed by atoms with Gasteiger partial charge in [-0.3, -0.25) is 9.59 Å². The maximum atomic E-state index is 12.7. The number of rotatable bonds is 5. The van der Waals surface area contributed by atoms with Gasteiger partial charge in [-0.15, -0.1) is 11.3 Å². The van der Waals surface area contributed by atoms with Gasteiger partial charge < -0.3 is 15.5 Å². The molecule has 5 nitrogen and oxygen atoms in total. The summed E-state index contributed by atoms with van der Waals surface area (Å²) in [4.78, 5) is 29.1. The van der Waals surface area contributed by atoms with Crippen LogP contribution >= 0.6 is 23.1 Å². The Morgan fingerprint density at radius 1 is 1.19 bits per heavy atom. The lowest BCUT2D eigenvalue weighted by atomic mass is 9.84. The van der Waals surface area contributed by atoms with Gasteiger partial charge in [0.25, 0.3) is 5.91 Å². The van der Waals surface area contributed by atoms with Crippen LogP contribution in [0.4, 0.5) is 5.69 Å². The molecule has 2 amide bonds. The smallest absolute Gasteiger partial charge is 0.261 e. The minimum absolute atomic E-state index is 0.0394. The first-order valence-electron chi connectivity index (χ1n) is 9.24. The summed E-state index contributed by atoms with van der Waals surface area (Å²) in [5.41, 5.74) is 0.781. The summed E-state index contributed by atoms with van der Waals surface area (Å²) in [5.74, 6) is 0.584. The Hall–Kier alpha value is -1.83. The van der Waals surface area contributed by atoms with Crippen molar-refractivity contribution in [3.63, 3.8) is 0 Å². The molecule has 4 heterocycles. The third-order valence-corrected chi connectivity index (χ3v) is 7.20. The first-order chi connectivity index (χ1) is 13.1. The molecule has 142 valence electrons. The lowest BCUT2D eigenvalue weighted by Crippen LogP contribution is -2.57. The number of nitrogens with one attached hydrogen (secondary N) is 2. The van der Waals surface area contributed by atoms with Crippen molar-refractivity contribution in [3.8, 4) is 0 Å². The summed E-state index contributed by atoms with van der Waals surface area (Å²) >= 11 is 3.08. The van der Waals surface area contributed by atoms with E-state index in [2.05, 4.69) is 15.5 Å². The maximum Gasteiger partial charge on any atom is 0.261 e. The quantitative estimate of drug-likeness (QED) is 0.802. The molecule has 1 unspecified atom stereocenters. The van der Waals surface area contributed by atoms with Gasteiger partial charge in [-0.1, -0.05) is 17.8 Å². The summed E-state index contributed by atoms with van der Waals surface area (Å²) in [6.45, 7) is 4.83. The highest BCUT2D eigenvalue weighted by Gasteiger charge is 2.35. The van der Waals surface area contributed by atoms with E-state index in [0.717, 1.165) is 26.9 Å². The maximum absolute atomic E-state index is 12.7. The van der Waals surface area contributed by atoms with E-state index in [9.17, 15) is 9.59 Å². The Kier molecular flexibility index (Phi) is 5.52. The van der Waals surface area contributed by atoms with Crippen molar-refractivity contribution in [1.82, 2.24) is 10.2 Å². The molecule has 1 aromatic carbocycles. The zero-order chi connectivity index (χ0) is 18.8. The van der Waals surface area contributed by atoms with Crippen molar-refractivity contribution in [2.24, 2.45) is 5.92 Å². The van der Waals surface area contributed by atoms with E-state index in [4.69, 9.17) is 0 Å². The van der Waals surface area contributed by atoms with E-state index in [0.29, 0.717) is 5.92 Å².